The van der Waals surface area contributed by atoms with Gasteiger partial charge in [-0.2, -0.15) is 8.78 Å². The van der Waals surface area contributed by atoms with Crippen LogP contribution in [0.25, 0.3) is 0 Å². The lowest BCUT2D eigenvalue weighted by atomic mass is 10.1. The first-order chi connectivity index (χ1) is 12.4. The predicted octanol–water partition coefficient (Wildman–Crippen LogP) is 4.02. The molecular formula is C19H20F2N2O3. The molecule has 2 rings (SSSR count). The number of rotatable bonds is 7. The van der Waals surface area contributed by atoms with Gasteiger partial charge in [-0.15, -0.1) is 0 Å². The third-order valence-electron chi connectivity index (χ3n) is 3.78. The molecule has 0 heterocycles. The number of halogens is 2. The van der Waals surface area contributed by atoms with Gasteiger partial charge in [-0.05, 0) is 62.4 Å². The highest BCUT2D eigenvalue weighted by Crippen LogP contribution is 2.17. The van der Waals surface area contributed by atoms with Gasteiger partial charge in [0.05, 0.1) is 0 Å². The number of hydrogen-bond acceptors (Lipinski definition) is 3. The predicted molar refractivity (Wildman–Crippen MR) is 94.7 cm³/mol. The van der Waals surface area contributed by atoms with E-state index in [2.05, 4.69) is 10.1 Å². The summed E-state index contributed by atoms with van der Waals surface area (Å²) in [6.07, 6.45) is 0. The van der Waals surface area contributed by atoms with Gasteiger partial charge in [0, 0.05) is 29.9 Å². The number of nitrogens with zero attached hydrogens (tertiary/aromatic N) is 1. The monoisotopic (exact) mass is 362 g/mol. The minimum absolute atomic E-state index is 0.0178. The molecule has 2 amide bonds. The maximum atomic E-state index is 12.2. The van der Waals surface area contributed by atoms with Crippen LogP contribution in [0.4, 0.5) is 14.5 Å². The maximum Gasteiger partial charge on any atom is 0.387 e. The molecule has 5 nitrogen and oxygen atoms in total. The molecule has 0 bridgehead atoms. The van der Waals surface area contributed by atoms with Crippen molar-refractivity contribution in [3.05, 3.63) is 59.7 Å². The largest absolute Gasteiger partial charge is 0.435 e. The Morgan fingerprint density at radius 1 is 0.962 bits per heavy atom. The fourth-order valence-electron chi connectivity index (χ4n) is 2.38. The normalized spacial score (nSPS) is 10.5. The van der Waals surface area contributed by atoms with Crippen molar-refractivity contribution in [3.63, 3.8) is 0 Å². The summed E-state index contributed by atoms with van der Waals surface area (Å²) < 4.78 is 28.5. The van der Waals surface area contributed by atoms with E-state index < -0.39 is 12.5 Å². The first-order valence-electron chi connectivity index (χ1n) is 8.20. The van der Waals surface area contributed by atoms with Crippen LogP contribution < -0.4 is 10.1 Å². The van der Waals surface area contributed by atoms with E-state index in [0.29, 0.717) is 29.9 Å². The van der Waals surface area contributed by atoms with Crippen molar-refractivity contribution in [1.29, 1.82) is 0 Å². The van der Waals surface area contributed by atoms with Crippen molar-refractivity contribution in [2.75, 3.05) is 18.4 Å². The van der Waals surface area contributed by atoms with E-state index in [4.69, 9.17) is 0 Å². The minimum Gasteiger partial charge on any atom is -0.435 e. The van der Waals surface area contributed by atoms with Crippen LogP contribution in [-0.4, -0.2) is 36.4 Å². The molecule has 0 aliphatic carbocycles. The number of benzene rings is 2. The van der Waals surface area contributed by atoms with Crippen molar-refractivity contribution in [1.82, 2.24) is 4.90 Å². The Balaban J connectivity index is 2.02. The average Bonchev–Trinajstić information content (AvgIpc) is 2.63. The number of hydrogen-bond donors (Lipinski definition) is 1. The number of carbonyl (C=O) groups is 2. The molecule has 0 fully saturated rings. The molecular weight excluding hydrogens is 342 g/mol. The zero-order chi connectivity index (χ0) is 19.1. The van der Waals surface area contributed by atoms with Crippen LogP contribution in [0.15, 0.2) is 48.5 Å². The molecule has 7 heteroatoms. The zero-order valence-corrected chi connectivity index (χ0v) is 14.5. The van der Waals surface area contributed by atoms with Gasteiger partial charge in [-0.25, -0.2) is 0 Å². The van der Waals surface area contributed by atoms with Crippen LogP contribution in [0.1, 0.15) is 34.6 Å². The van der Waals surface area contributed by atoms with Crippen LogP contribution >= 0.6 is 0 Å². The summed E-state index contributed by atoms with van der Waals surface area (Å²) in [4.78, 5) is 26.1. The molecule has 26 heavy (non-hydrogen) atoms. The van der Waals surface area contributed by atoms with Crippen LogP contribution in [0, 0.1) is 0 Å². The molecule has 0 radical (unpaired) electrons. The summed E-state index contributed by atoms with van der Waals surface area (Å²) >= 11 is 0. The van der Waals surface area contributed by atoms with Crippen LogP contribution in [-0.2, 0) is 0 Å². The number of amides is 2. The first-order valence-corrected chi connectivity index (χ1v) is 8.20. The molecule has 2 aromatic carbocycles. The highest BCUT2D eigenvalue weighted by Gasteiger charge is 2.13. The summed E-state index contributed by atoms with van der Waals surface area (Å²) in [5.74, 6) is -0.477. The second kappa shape index (κ2) is 8.94. The second-order valence-corrected chi connectivity index (χ2v) is 5.41. The van der Waals surface area contributed by atoms with Crippen molar-refractivity contribution in [2.24, 2.45) is 0 Å². The number of alkyl halides is 2. The van der Waals surface area contributed by atoms with Gasteiger partial charge in [-0.1, -0.05) is 0 Å². The van der Waals surface area contributed by atoms with Crippen molar-refractivity contribution in [3.8, 4) is 5.75 Å². The van der Waals surface area contributed by atoms with Gasteiger partial charge in [-0.3, -0.25) is 9.59 Å². The van der Waals surface area contributed by atoms with E-state index in [1.165, 1.54) is 24.3 Å². The van der Waals surface area contributed by atoms with Crippen molar-refractivity contribution >= 4 is 17.5 Å². The SMILES string of the molecule is CCN(CC)C(=O)c1ccc(NC(=O)c2ccc(OC(F)F)cc2)cc1. The van der Waals surface area contributed by atoms with Gasteiger partial charge in [0.15, 0.2) is 0 Å². The fraction of sp³-hybridized carbons (Fsp3) is 0.263. The number of carbonyl (C=O) groups excluding carboxylic acids is 2. The Morgan fingerprint density at radius 3 is 2.00 bits per heavy atom. The molecule has 0 aliphatic rings. The lowest BCUT2D eigenvalue weighted by Gasteiger charge is -2.18. The molecule has 1 N–H and O–H groups in total. The second-order valence-electron chi connectivity index (χ2n) is 5.41. The molecule has 0 spiro atoms. The zero-order valence-electron chi connectivity index (χ0n) is 14.5. The Bertz CT molecular complexity index is 742. The summed E-state index contributed by atoms with van der Waals surface area (Å²) in [7, 11) is 0. The van der Waals surface area contributed by atoms with E-state index in [1.54, 1.807) is 29.2 Å². The van der Waals surface area contributed by atoms with Gasteiger partial charge >= 0.3 is 6.61 Å². The van der Waals surface area contributed by atoms with Crippen LogP contribution in [0.3, 0.4) is 0 Å². The first kappa shape index (κ1) is 19.4. The van der Waals surface area contributed by atoms with Gasteiger partial charge in [0.1, 0.15) is 5.75 Å². The third kappa shape index (κ3) is 5.02. The standard InChI is InChI=1S/C19H20F2N2O3/c1-3-23(4-2)18(25)14-5-9-15(10-6-14)22-17(24)13-7-11-16(12-8-13)26-19(20)21/h5-12,19H,3-4H2,1-2H3,(H,22,24). The average molecular weight is 362 g/mol. The molecule has 0 aromatic heterocycles. The van der Waals surface area contributed by atoms with Crippen LogP contribution in [0.5, 0.6) is 5.75 Å². The van der Waals surface area contributed by atoms with Crippen molar-refractivity contribution in [2.45, 2.75) is 20.5 Å². The quantitative estimate of drug-likeness (QED) is 0.809. The highest BCUT2D eigenvalue weighted by molar-refractivity contribution is 6.04. The topological polar surface area (TPSA) is 58.6 Å². The third-order valence-corrected chi connectivity index (χ3v) is 3.78. The highest BCUT2D eigenvalue weighted by atomic mass is 19.3. The van der Waals surface area contributed by atoms with Gasteiger partial charge in [0.2, 0.25) is 0 Å². The van der Waals surface area contributed by atoms with E-state index >= 15 is 0 Å². The van der Waals surface area contributed by atoms with Crippen LogP contribution in [0.2, 0.25) is 0 Å². The molecule has 138 valence electrons. The Morgan fingerprint density at radius 2 is 1.50 bits per heavy atom. The molecule has 0 unspecified atom stereocenters. The summed E-state index contributed by atoms with van der Waals surface area (Å²) in [6, 6.07) is 12.0. The fourth-order valence-corrected chi connectivity index (χ4v) is 2.38. The maximum absolute atomic E-state index is 12.2. The molecule has 2 aromatic rings. The summed E-state index contributed by atoms with van der Waals surface area (Å²) in [5.41, 5.74) is 1.37. The molecule has 0 aliphatic heterocycles. The van der Waals surface area contributed by atoms with E-state index in [9.17, 15) is 18.4 Å². The summed E-state index contributed by atoms with van der Waals surface area (Å²) in [6.45, 7) is 2.16. The lowest BCUT2D eigenvalue weighted by Crippen LogP contribution is -2.30. The van der Waals surface area contributed by atoms with Crippen molar-refractivity contribution < 1.29 is 23.1 Å². The molecule has 0 saturated heterocycles. The van der Waals surface area contributed by atoms with E-state index in [1.807, 2.05) is 13.8 Å². The van der Waals surface area contributed by atoms with E-state index in [0.717, 1.165) is 0 Å². The number of anilines is 1. The van der Waals surface area contributed by atoms with Gasteiger partial charge < -0.3 is 15.0 Å². The Hall–Kier alpha value is -2.96. The summed E-state index contributed by atoms with van der Waals surface area (Å²) in [5, 5.41) is 2.69. The lowest BCUT2D eigenvalue weighted by molar-refractivity contribution is -0.0498. The smallest absolute Gasteiger partial charge is 0.387 e. The number of nitrogens with one attached hydrogen (secondary N) is 1. The molecule has 0 atom stereocenters. The van der Waals surface area contributed by atoms with Gasteiger partial charge in [0.25, 0.3) is 11.8 Å². The van der Waals surface area contributed by atoms with E-state index in [-0.39, 0.29) is 11.7 Å². The minimum atomic E-state index is -2.91. The Kier molecular flexibility index (Phi) is 6.66. The Labute approximate surface area is 150 Å². The number of ether oxygens (including phenoxy) is 1. The molecule has 0 saturated carbocycles.